The molecule has 1 aliphatic carbocycles. The third kappa shape index (κ3) is 5.38. The lowest BCUT2D eigenvalue weighted by Crippen LogP contribution is -2.23. The van der Waals surface area contributed by atoms with Crippen LogP contribution in [-0.4, -0.2) is 32.2 Å². The Labute approximate surface area is 203 Å². The zero-order valence-electron chi connectivity index (χ0n) is 19.6. The number of nitrogens with one attached hydrogen (secondary N) is 1. The van der Waals surface area contributed by atoms with E-state index in [4.69, 9.17) is 0 Å². The van der Waals surface area contributed by atoms with Crippen LogP contribution in [0.1, 0.15) is 66.0 Å². The van der Waals surface area contributed by atoms with E-state index >= 15 is 0 Å². The predicted octanol–water partition coefficient (Wildman–Crippen LogP) is 5.23. The second-order valence-electron chi connectivity index (χ2n) is 8.70. The fourth-order valence-corrected chi connectivity index (χ4v) is 6.31. The Hall–Kier alpha value is -2.45. The number of nitrogens with zero attached hydrogens (tertiary/aromatic N) is 3. The van der Waals surface area contributed by atoms with Crippen molar-refractivity contribution in [3.8, 4) is 10.7 Å². The first-order valence-corrected chi connectivity index (χ1v) is 13.2. The smallest absolute Gasteiger partial charge is 0.217 e. The number of thiophene rings is 1. The number of ketones is 1. The summed E-state index contributed by atoms with van der Waals surface area (Å²) in [6, 6.07) is 9.61. The maximum Gasteiger partial charge on any atom is 0.217 e. The van der Waals surface area contributed by atoms with Crippen molar-refractivity contribution in [2.45, 2.75) is 57.7 Å². The van der Waals surface area contributed by atoms with Gasteiger partial charge in [-0.05, 0) is 49.3 Å². The number of amides is 1. The number of carbonyl (C=O) groups is 2. The van der Waals surface area contributed by atoms with Gasteiger partial charge < -0.3 is 9.88 Å². The van der Waals surface area contributed by atoms with Crippen molar-refractivity contribution < 1.29 is 9.59 Å². The van der Waals surface area contributed by atoms with Crippen LogP contribution in [0.25, 0.3) is 10.7 Å². The van der Waals surface area contributed by atoms with E-state index in [0.717, 1.165) is 33.8 Å². The summed E-state index contributed by atoms with van der Waals surface area (Å²) >= 11 is 3.24. The third-order valence-electron chi connectivity index (χ3n) is 6.30. The first-order chi connectivity index (χ1) is 15.9. The van der Waals surface area contributed by atoms with Gasteiger partial charge >= 0.3 is 0 Å². The molecular weight excluding hydrogens is 452 g/mol. The van der Waals surface area contributed by atoms with Crippen LogP contribution in [0.3, 0.4) is 0 Å². The quantitative estimate of drug-likeness (QED) is 0.351. The van der Waals surface area contributed by atoms with E-state index in [9.17, 15) is 9.59 Å². The SMILES string of the molecule is CCC1CCc2sc(-c3nnc(SCC(=O)c4ccc(C(C)NC(C)=O)cc4)n3C)cc2C1. The highest BCUT2D eigenvalue weighted by molar-refractivity contribution is 7.99. The molecule has 3 aromatic rings. The number of aryl methyl sites for hydroxylation is 1. The standard InChI is InChI=1S/C25H30N4O2S2/c1-5-17-6-11-22-20(12-17)13-23(33-22)24-27-28-25(29(24)4)32-14-21(31)19-9-7-18(8-10-19)15(2)26-16(3)30/h7-10,13,15,17H,5-6,11-12,14H2,1-4H3,(H,26,30). The summed E-state index contributed by atoms with van der Waals surface area (Å²) in [6.07, 6.45) is 4.84. The lowest BCUT2D eigenvalue weighted by molar-refractivity contribution is -0.119. The van der Waals surface area contributed by atoms with E-state index in [0.29, 0.717) is 11.3 Å². The molecule has 0 saturated heterocycles. The number of thioether (sulfide) groups is 1. The Balaban J connectivity index is 1.40. The van der Waals surface area contributed by atoms with Crippen molar-refractivity contribution in [3.05, 3.63) is 51.9 Å². The van der Waals surface area contributed by atoms with Gasteiger partial charge in [-0.25, -0.2) is 0 Å². The van der Waals surface area contributed by atoms with Crippen LogP contribution in [0.5, 0.6) is 0 Å². The van der Waals surface area contributed by atoms with Crippen LogP contribution < -0.4 is 5.32 Å². The van der Waals surface area contributed by atoms with Crippen molar-refractivity contribution in [2.24, 2.45) is 13.0 Å². The van der Waals surface area contributed by atoms with Crippen molar-refractivity contribution in [1.29, 1.82) is 0 Å². The molecule has 0 aliphatic heterocycles. The van der Waals surface area contributed by atoms with Gasteiger partial charge in [-0.3, -0.25) is 9.59 Å². The molecule has 1 N–H and O–H groups in total. The molecule has 1 amide bonds. The van der Waals surface area contributed by atoms with Gasteiger partial charge in [0.05, 0.1) is 16.7 Å². The highest BCUT2D eigenvalue weighted by atomic mass is 32.2. The average molecular weight is 483 g/mol. The monoisotopic (exact) mass is 482 g/mol. The fraction of sp³-hybridized carbons (Fsp3) is 0.440. The van der Waals surface area contributed by atoms with E-state index < -0.39 is 0 Å². The summed E-state index contributed by atoms with van der Waals surface area (Å²) in [4.78, 5) is 26.6. The zero-order chi connectivity index (χ0) is 23.5. The lowest BCUT2D eigenvalue weighted by atomic mass is 9.87. The molecule has 4 rings (SSSR count). The summed E-state index contributed by atoms with van der Waals surface area (Å²) in [7, 11) is 1.97. The largest absolute Gasteiger partial charge is 0.350 e. The molecule has 0 fully saturated rings. The van der Waals surface area contributed by atoms with Gasteiger partial charge in [0.2, 0.25) is 5.91 Å². The molecule has 0 bridgehead atoms. The van der Waals surface area contributed by atoms with Gasteiger partial charge in [0.25, 0.3) is 0 Å². The second kappa shape index (κ2) is 10.2. The number of fused-ring (bicyclic) bond motifs is 1. The molecule has 0 radical (unpaired) electrons. The number of carbonyl (C=O) groups excluding carboxylic acids is 2. The van der Waals surface area contributed by atoms with E-state index in [1.54, 1.807) is 0 Å². The highest BCUT2D eigenvalue weighted by Crippen LogP contribution is 2.38. The summed E-state index contributed by atoms with van der Waals surface area (Å²) in [6.45, 7) is 5.70. The minimum absolute atomic E-state index is 0.0421. The first kappa shape index (κ1) is 23.7. The maximum atomic E-state index is 12.7. The van der Waals surface area contributed by atoms with Crippen molar-refractivity contribution in [3.63, 3.8) is 0 Å². The topological polar surface area (TPSA) is 76.9 Å². The third-order valence-corrected chi connectivity index (χ3v) is 8.56. The van der Waals surface area contributed by atoms with Gasteiger partial charge in [0, 0.05) is 24.4 Å². The number of Topliss-reactive ketones (excluding diaryl/α,β-unsaturated/α-hetero) is 1. The molecule has 8 heteroatoms. The number of hydrogen-bond acceptors (Lipinski definition) is 6. The van der Waals surface area contributed by atoms with Crippen LogP contribution in [0.2, 0.25) is 0 Å². The summed E-state index contributed by atoms with van der Waals surface area (Å²) < 4.78 is 1.99. The van der Waals surface area contributed by atoms with Crippen LogP contribution in [0.4, 0.5) is 0 Å². The molecule has 174 valence electrons. The average Bonchev–Trinajstić information content (AvgIpc) is 3.39. The van der Waals surface area contributed by atoms with Crippen molar-refractivity contribution in [1.82, 2.24) is 20.1 Å². The Morgan fingerprint density at radius 2 is 2.03 bits per heavy atom. The van der Waals surface area contributed by atoms with Gasteiger partial charge in [0.15, 0.2) is 16.8 Å². The Morgan fingerprint density at radius 1 is 1.27 bits per heavy atom. The molecule has 2 heterocycles. The Bertz CT molecular complexity index is 1150. The molecule has 6 nitrogen and oxygen atoms in total. The van der Waals surface area contributed by atoms with E-state index in [1.165, 1.54) is 48.4 Å². The van der Waals surface area contributed by atoms with Gasteiger partial charge in [-0.1, -0.05) is 49.4 Å². The van der Waals surface area contributed by atoms with Crippen LogP contribution >= 0.6 is 23.1 Å². The second-order valence-corrected chi connectivity index (χ2v) is 10.8. The molecule has 1 aromatic carbocycles. The first-order valence-electron chi connectivity index (χ1n) is 11.4. The predicted molar refractivity (Wildman–Crippen MR) is 134 cm³/mol. The summed E-state index contributed by atoms with van der Waals surface area (Å²) in [5, 5.41) is 12.4. The maximum absolute atomic E-state index is 12.7. The van der Waals surface area contributed by atoms with Gasteiger partial charge in [-0.15, -0.1) is 21.5 Å². The zero-order valence-corrected chi connectivity index (χ0v) is 21.2. The molecule has 33 heavy (non-hydrogen) atoms. The van der Waals surface area contributed by atoms with E-state index in [2.05, 4.69) is 28.5 Å². The van der Waals surface area contributed by atoms with Gasteiger partial charge in [-0.2, -0.15) is 0 Å². The van der Waals surface area contributed by atoms with Crippen LogP contribution in [-0.2, 0) is 24.7 Å². The molecule has 0 saturated carbocycles. The Kier molecular flexibility index (Phi) is 7.34. The van der Waals surface area contributed by atoms with Crippen LogP contribution in [0, 0.1) is 5.92 Å². The highest BCUT2D eigenvalue weighted by Gasteiger charge is 2.22. The number of aromatic nitrogens is 3. The number of hydrogen-bond donors (Lipinski definition) is 1. The minimum Gasteiger partial charge on any atom is -0.350 e. The van der Waals surface area contributed by atoms with E-state index in [-0.39, 0.29) is 17.7 Å². The molecule has 2 atom stereocenters. The molecule has 2 aromatic heterocycles. The van der Waals surface area contributed by atoms with Crippen LogP contribution in [0.15, 0.2) is 35.5 Å². The van der Waals surface area contributed by atoms with Gasteiger partial charge in [0.1, 0.15) is 0 Å². The summed E-state index contributed by atoms with van der Waals surface area (Å²) in [5.41, 5.74) is 3.09. The molecular formula is C25H30N4O2S2. The molecule has 0 spiro atoms. The number of benzene rings is 1. The minimum atomic E-state index is -0.0890. The lowest BCUT2D eigenvalue weighted by Gasteiger charge is -2.19. The van der Waals surface area contributed by atoms with Crippen molar-refractivity contribution >= 4 is 34.8 Å². The molecule has 2 unspecified atom stereocenters. The fourth-order valence-electron chi connectivity index (χ4n) is 4.27. The van der Waals surface area contributed by atoms with Crippen molar-refractivity contribution in [2.75, 3.05) is 5.75 Å². The Morgan fingerprint density at radius 3 is 2.73 bits per heavy atom. The normalized spacial score (nSPS) is 16.3. The summed E-state index contributed by atoms with van der Waals surface area (Å²) in [5.74, 6) is 1.93. The van der Waals surface area contributed by atoms with E-state index in [1.807, 2.05) is 54.1 Å². The number of rotatable bonds is 8. The molecule has 1 aliphatic rings.